The summed E-state index contributed by atoms with van der Waals surface area (Å²) in [7, 11) is 3.90. The Hall–Kier alpha value is -2.62. The maximum absolute atomic E-state index is 4.65. The summed E-state index contributed by atoms with van der Waals surface area (Å²) in [6.45, 7) is 0.749. The van der Waals surface area contributed by atoms with E-state index in [4.69, 9.17) is 0 Å². The summed E-state index contributed by atoms with van der Waals surface area (Å²) >= 11 is 0. The van der Waals surface area contributed by atoms with E-state index in [9.17, 15) is 0 Å². The Bertz CT molecular complexity index is 757. The molecule has 21 heavy (non-hydrogen) atoms. The molecule has 2 aromatic carbocycles. The Kier molecular flexibility index (Phi) is 3.69. The Morgan fingerprint density at radius 2 is 1.76 bits per heavy atom. The lowest BCUT2D eigenvalue weighted by Gasteiger charge is -2.03. The van der Waals surface area contributed by atoms with Crippen LogP contribution in [0.2, 0.25) is 0 Å². The van der Waals surface area contributed by atoms with Gasteiger partial charge in [0.25, 0.3) is 0 Å². The summed E-state index contributed by atoms with van der Waals surface area (Å²) in [6, 6.07) is 18.5. The van der Waals surface area contributed by atoms with Crippen LogP contribution in [0.15, 0.2) is 59.6 Å². The Morgan fingerprint density at radius 1 is 1.05 bits per heavy atom. The molecule has 0 aliphatic carbocycles. The van der Waals surface area contributed by atoms with Gasteiger partial charge in [-0.25, -0.2) is 4.99 Å². The van der Waals surface area contributed by atoms with E-state index in [0.29, 0.717) is 0 Å². The van der Waals surface area contributed by atoms with Crippen LogP contribution in [0.5, 0.6) is 0 Å². The van der Waals surface area contributed by atoms with E-state index >= 15 is 0 Å². The summed E-state index contributed by atoms with van der Waals surface area (Å²) < 4.78 is 2.01. The molecule has 0 saturated heterocycles. The third-order valence-electron chi connectivity index (χ3n) is 3.22. The van der Waals surface area contributed by atoms with Crippen LogP contribution in [-0.2, 0) is 6.54 Å². The van der Waals surface area contributed by atoms with Crippen molar-refractivity contribution in [1.82, 2.24) is 14.7 Å². The minimum absolute atomic E-state index is 0.749. The molecule has 0 N–H and O–H groups in total. The molecule has 1 aromatic heterocycles. The van der Waals surface area contributed by atoms with E-state index < -0.39 is 0 Å². The molecule has 0 spiro atoms. The first kappa shape index (κ1) is 13.4. The maximum atomic E-state index is 4.65. The lowest BCUT2D eigenvalue weighted by Crippen LogP contribution is -2.07. The highest BCUT2D eigenvalue weighted by Crippen LogP contribution is 2.25. The second-order valence-electron chi connectivity index (χ2n) is 5.19. The fraction of sp³-hybridized carbons (Fsp3) is 0.176. The molecule has 0 amide bonds. The summed E-state index contributed by atoms with van der Waals surface area (Å²) in [4.78, 5) is 6.37. The van der Waals surface area contributed by atoms with Crippen LogP contribution in [0, 0.1) is 0 Å². The van der Waals surface area contributed by atoms with Gasteiger partial charge in [-0.15, -0.1) is 0 Å². The second-order valence-corrected chi connectivity index (χ2v) is 5.19. The van der Waals surface area contributed by atoms with Crippen molar-refractivity contribution in [3.8, 4) is 0 Å². The highest BCUT2D eigenvalue weighted by molar-refractivity contribution is 5.90. The van der Waals surface area contributed by atoms with Crippen LogP contribution in [0.25, 0.3) is 10.9 Å². The first-order valence-corrected chi connectivity index (χ1v) is 6.94. The third-order valence-corrected chi connectivity index (χ3v) is 3.22. The fourth-order valence-corrected chi connectivity index (χ4v) is 2.25. The van der Waals surface area contributed by atoms with E-state index in [1.54, 1.807) is 6.34 Å². The van der Waals surface area contributed by atoms with Crippen LogP contribution < -0.4 is 0 Å². The number of aliphatic imine (C=N–C) groups is 1. The Morgan fingerprint density at radius 3 is 2.52 bits per heavy atom. The molecule has 0 fully saturated rings. The molecule has 3 aromatic rings. The summed E-state index contributed by atoms with van der Waals surface area (Å²) in [5.74, 6) is 0.759. The van der Waals surface area contributed by atoms with Gasteiger partial charge in [0.15, 0.2) is 5.82 Å². The normalized spacial score (nSPS) is 11.3. The zero-order valence-electron chi connectivity index (χ0n) is 12.3. The topological polar surface area (TPSA) is 33.4 Å². The van der Waals surface area contributed by atoms with Crippen molar-refractivity contribution in [3.63, 3.8) is 0 Å². The van der Waals surface area contributed by atoms with Crippen molar-refractivity contribution < 1.29 is 0 Å². The number of hydrogen-bond acceptors (Lipinski definition) is 2. The van der Waals surface area contributed by atoms with Crippen molar-refractivity contribution in [2.45, 2.75) is 6.54 Å². The molecular weight excluding hydrogens is 260 g/mol. The van der Waals surface area contributed by atoms with Gasteiger partial charge in [-0.05, 0) is 17.7 Å². The molecule has 0 aliphatic rings. The van der Waals surface area contributed by atoms with E-state index in [-0.39, 0.29) is 0 Å². The average Bonchev–Trinajstić information content (AvgIpc) is 2.85. The lowest BCUT2D eigenvalue weighted by atomic mass is 10.2. The molecule has 0 unspecified atom stereocenters. The molecule has 4 nitrogen and oxygen atoms in total. The zero-order valence-corrected chi connectivity index (χ0v) is 12.3. The van der Waals surface area contributed by atoms with Gasteiger partial charge in [-0.3, -0.25) is 4.68 Å². The minimum Gasteiger partial charge on any atom is -0.369 e. The molecule has 0 aliphatic heterocycles. The quantitative estimate of drug-likeness (QED) is 0.542. The van der Waals surface area contributed by atoms with Crippen molar-refractivity contribution in [2.75, 3.05) is 14.1 Å². The molecule has 0 bridgehead atoms. The van der Waals surface area contributed by atoms with E-state index in [1.807, 2.05) is 54.0 Å². The monoisotopic (exact) mass is 278 g/mol. The molecule has 4 heteroatoms. The fourth-order valence-electron chi connectivity index (χ4n) is 2.25. The second kappa shape index (κ2) is 5.79. The van der Waals surface area contributed by atoms with Gasteiger partial charge < -0.3 is 4.90 Å². The van der Waals surface area contributed by atoms with Gasteiger partial charge in [0.05, 0.1) is 18.4 Å². The standard InChI is InChI=1S/C17H18N4/c1-20(2)13-18-17-15-10-6-7-11-16(15)21(19-17)12-14-8-4-3-5-9-14/h3-11,13H,12H2,1-2H3/b18-13-. The number of benzene rings is 2. The number of fused-ring (bicyclic) bond motifs is 1. The largest absolute Gasteiger partial charge is 0.369 e. The third kappa shape index (κ3) is 2.94. The molecule has 0 saturated carbocycles. The summed E-state index contributed by atoms with van der Waals surface area (Å²) in [6.07, 6.45) is 1.78. The zero-order chi connectivity index (χ0) is 14.7. The molecule has 0 radical (unpaired) electrons. The SMILES string of the molecule is CN(C)/C=N\c1nn(Cc2ccccc2)c2ccccc12. The molecular formula is C17H18N4. The van der Waals surface area contributed by atoms with E-state index in [0.717, 1.165) is 23.3 Å². The van der Waals surface area contributed by atoms with Gasteiger partial charge in [0, 0.05) is 19.5 Å². The van der Waals surface area contributed by atoms with Crippen molar-refractivity contribution in [1.29, 1.82) is 0 Å². The minimum atomic E-state index is 0.749. The maximum Gasteiger partial charge on any atom is 0.183 e. The number of hydrogen-bond donors (Lipinski definition) is 0. The number of aromatic nitrogens is 2. The van der Waals surface area contributed by atoms with Crippen LogP contribution in [-0.4, -0.2) is 35.1 Å². The van der Waals surface area contributed by atoms with Gasteiger partial charge in [-0.2, -0.15) is 5.10 Å². The molecule has 1 heterocycles. The summed E-state index contributed by atoms with van der Waals surface area (Å²) in [5.41, 5.74) is 2.33. The predicted molar refractivity (Wildman–Crippen MR) is 87.1 cm³/mol. The van der Waals surface area contributed by atoms with Gasteiger partial charge >= 0.3 is 0 Å². The summed E-state index contributed by atoms with van der Waals surface area (Å²) in [5, 5.41) is 5.72. The van der Waals surface area contributed by atoms with Crippen LogP contribution in [0.3, 0.4) is 0 Å². The van der Waals surface area contributed by atoms with E-state index in [2.05, 4.69) is 34.4 Å². The Labute approximate surface area is 124 Å². The highest BCUT2D eigenvalue weighted by atomic mass is 15.3. The molecule has 106 valence electrons. The smallest absolute Gasteiger partial charge is 0.183 e. The van der Waals surface area contributed by atoms with Crippen LogP contribution in [0.1, 0.15) is 5.56 Å². The highest BCUT2D eigenvalue weighted by Gasteiger charge is 2.09. The lowest BCUT2D eigenvalue weighted by molar-refractivity contribution is 0.642. The first-order valence-electron chi connectivity index (χ1n) is 6.94. The Balaban J connectivity index is 2.03. The van der Waals surface area contributed by atoms with Gasteiger partial charge in [0.1, 0.15) is 0 Å². The van der Waals surface area contributed by atoms with Gasteiger partial charge in [-0.1, -0.05) is 42.5 Å². The van der Waals surface area contributed by atoms with E-state index in [1.165, 1.54) is 5.56 Å². The van der Waals surface area contributed by atoms with Crippen molar-refractivity contribution in [3.05, 3.63) is 60.2 Å². The van der Waals surface area contributed by atoms with Crippen molar-refractivity contribution in [2.24, 2.45) is 4.99 Å². The number of rotatable bonds is 4. The van der Waals surface area contributed by atoms with Crippen molar-refractivity contribution >= 4 is 23.1 Å². The predicted octanol–water partition coefficient (Wildman–Crippen LogP) is 3.31. The van der Waals surface area contributed by atoms with Crippen LogP contribution in [0.4, 0.5) is 5.82 Å². The molecule has 0 atom stereocenters. The van der Waals surface area contributed by atoms with Crippen LogP contribution >= 0.6 is 0 Å². The number of nitrogens with zero attached hydrogens (tertiary/aromatic N) is 4. The number of para-hydroxylation sites is 1. The first-order chi connectivity index (χ1) is 10.2. The molecule has 3 rings (SSSR count). The van der Waals surface area contributed by atoms with Gasteiger partial charge in [0.2, 0.25) is 0 Å². The average molecular weight is 278 g/mol.